The van der Waals surface area contributed by atoms with E-state index in [-0.39, 0.29) is 5.75 Å². The van der Waals surface area contributed by atoms with Gasteiger partial charge < -0.3 is 19.5 Å². The predicted molar refractivity (Wildman–Crippen MR) is 91.0 cm³/mol. The number of carbonyl (C=O) groups is 1. The quantitative estimate of drug-likeness (QED) is 0.691. The minimum atomic E-state index is -0.600. The normalized spacial score (nSPS) is 10.4. The molecule has 6 nitrogen and oxygen atoms in total. The maximum absolute atomic E-state index is 14.2. The number of pyridine rings is 1. The van der Waals surface area contributed by atoms with E-state index in [9.17, 15) is 9.18 Å². The lowest BCUT2D eigenvalue weighted by molar-refractivity contribution is -0.105. The fourth-order valence-electron chi connectivity index (χ4n) is 2.40. The Kier molecular flexibility index (Phi) is 4.65. The Morgan fingerprint density at radius 1 is 1.00 bits per heavy atom. The Morgan fingerprint density at radius 3 is 2.44 bits per heavy atom. The van der Waals surface area contributed by atoms with Crippen molar-refractivity contribution in [1.82, 2.24) is 4.98 Å². The number of hydrogen-bond donors (Lipinski definition) is 1. The van der Waals surface area contributed by atoms with Crippen LogP contribution < -0.4 is 19.5 Å². The van der Waals surface area contributed by atoms with Crippen molar-refractivity contribution < 1.29 is 23.4 Å². The second kappa shape index (κ2) is 7.04. The van der Waals surface area contributed by atoms with Gasteiger partial charge in [-0.2, -0.15) is 0 Å². The third kappa shape index (κ3) is 3.30. The Balaban J connectivity index is 2.03. The van der Waals surface area contributed by atoms with Gasteiger partial charge in [0, 0.05) is 29.4 Å². The summed E-state index contributed by atoms with van der Waals surface area (Å²) in [6, 6.07) is 9.22. The summed E-state index contributed by atoms with van der Waals surface area (Å²) in [4.78, 5) is 14.7. The fraction of sp³-hybridized carbons (Fsp3) is 0.111. The molecule has 7 heteroatoms. The summed E-state index contributed by atoms with van der Waals surface area (Å²) in [5.74, 6) is 0.894. The Hall–Kier alpha value is -3.35. The van der Waals surface area contributed by atoms with E-state index in [0.29, 0.717) is 40.2 Å². The topological polar surface area (TPSA) is 69.7 Å². The largest absolute Gasteiger partial charge is 0.493 e. The van der Waals surface area contributed by atoms with Crippen molar-refractivity contribution in [3.63, 3.8) is 0 Å². The molecular formula is C18H15FN2O4. The van der Waals surface area contributed by atoms with Crippen molar-refractivity contribution in [2.45, 2.75) is 0 Å². The van der Waals surface area contributed by atoms with Crippen molar-refractivity contribution >= 4 is 23.0 Å². The van der Waals surface area contributed by atoms with Crippen LogP contribution in [0.2, 0.25) is 0 Å². The minimum Gasteiger partial charge on any atom is -0.493 e. The summed E-state index contributed by atoms with van der Waals surface area (Å²) in [5.41, 5.74) is 0.959. The molecule has 1 amide bonds. The zero-order valence-electron chi connectivity index (χ0n) is 13.6. The molecule has 0 radical (unpaired) electrons. The lowest BCUT2D eigenvalue weighted by Crippen LogP contribution is -1.96. The summed E-state index contributed by atoms with van der Waals surface area (Å²) >= 11 is 0. The van der Waals surface area contributed by atoms with Gasteiger partial charge in [-0.25, -0.2) is 4.39 Å². The van der Waals surface area contributed by atoms with Crippen LogP contribution in [0.15, 0.2) is 42.6 Å². The first-order valence-corrected chi connectivity index (χ1v) is 7.34. The number of nitrogens with one attached hydrogen (secondary N) is 1. The smallest absolute Gasteiger partial charge is 0.211 e. The highest BCUT2D eigenvalue weighted by atomic mass is 19.1. The van der Waals surface area contributed by atoms with Crippen LogP contribution in [0.4, 0.5) is 10.1 Å². The van der Waals surface area contributed by atoms with Gasteiger partial charge in [-0.1, -0.05) is 0 Å². The molecule has 0 bridgehead atoms. The second-order valence-corrected chi connectivity index (χ2v) is 5.04. The highest BCUT2D eigenvalue weighted by Crippen LogP contribution is 2.37. The van der Waals surface area contributed by atoms with Crippen molar-refractivity contribution in [2.75, 3.05) is 19.5 Å². The van der Waals surface area contributed by atoms with Gasteiger partial charge in [-0.3, -0.25) is 9.78 Å². The molecule has 1 N–H and O–H groups in total. The van der Waals surface area contributed by atoms with Crippen LogP contribution in [0, 0.1) is 5.82 Å². The number of benzene rings is 2. The van der Waals surface area contributed by atoms with Gasteiger partial charge in [-0.15, -0.1) is 0 Å². The summed E-state index contributed by atoms with van der Waals surface area (Å²) in [6.07, 6.45) is 2.04. The Bertz CT molecular complexity index is 930. The number of ether oxygens (including phenoxy) is 3. The lowest BCUT2D eigenvalue weighted by atomic mass is 10.2. The Morgan fingerprint density at radius 2 is 1.76 bits per heavy atom. The van der Waals surface area contributed by atoms with Gasteiger partial charge in [0.2, 0.25) is 6.41 Å². The second-order valence-electron chi connectivity index (χ2n) is 5.04. The molecule has 25 heavy (non-hydrogen) atoms. The van der Waals surface area contributed by atoms with Crippen LogP contribution >= 0.6 is 0 Å². The van der Waals surface area contributed by atoms with E-state index in [2.05, 4.69) is 10.3 Å². The number of carbonyl (C=O) groups excluding carboxylic acids is 1. The van der Waals surface area contributed by atoms with E-state index < -0.39 is 5.82 Å². The molecule has 0 aliphatic carbocycles. The summed E-state index contributed by atoms with van der Waals surface area (Å²) in [6.45, 7) is 0. The van der Waals surface area contributed by atoms with Gasteiger partial charge >= 0.3 is 0 Å². The van der Waals surface area contributed by atoms with E-state index in [0.717, 1.165) is 0 Å². The maximum Gasteiger partial charge on any atom is 0.211 e. The zero-order chi connectivity index (χ0) is 17.8. The minimum absolute atomic E-state index is 0.0266. The molecule has 0 aliphatic rings. The average Bonchev–Trinajstić information content (AvgIpc) is 2.63. The number of nitrogens with zero attached hydrogens (tertiary/aromatic N) is 1. The first kappa shape index (κ1) is 16.5. The standard InChI is InChI=1S/C18H15FN2O4/c1-23-17-8-12-14(9-18(17)24-2)20-6-5-15(12)25-16-4-3-11(21-10-22)7-13(16)19/h3-10H,1-2H3,(H,21,22). The van der Waals surface area contributed by atoms with Gasteiger partial charge in [0.25, 0.3) is 0 Å². The monoisotopic (exact) mass is 342 g/mol. The fourth-order valence-corrected chi connectivity index (χ4v) is 2.40. The third-order valence-electron chi connectivity index (χ3n) is 3.58. The van der Waals surface area contributed by atoms with Gasteiger partial charge in [0.15, 0.2) is 23.1 Å². The lowest BCUT2D eigenvalue weighted by Gasteiger charge is -2.13. The molecule has 1 heterocycles. The van der Waals surface area contributed by atoms with Crippen LogP contribution in [0.5, 0.6) is 23.0 Å². The molecular weight excluding hydrogens is 327 g/mol. The van der Waals surface area contributed by atoms with Crippen molar-refractivity contribution in [3.8, 4) is 23.0 Å². The average molecular weight is 342 g/mol. The molecule has 1 aromatic heterocycles. The summed E-state index contributed by atoms with van der Waals surface area (Å²) in [5, 5.41) is 3.03. The number of aromatic nitrogens is 1. The molecule has 0 fully saturated rings. The Labute approximate surface area is 143 Å². The van der Waals surface area contributed by atoms with Gasteiger partial charge in [-0.05, 0) is 24.3 Å². The van der Waals surface area contributed by atoms with Crippen molar-refractivity contribution in [3.05, 3.63) is 48.4 Å². The van der Waals surface area contributed by atoms with Crippen LogP contribution in [0.3, 0.4) is 0 Å². The molecule has 0 saturated carbocycles. The highest BCUT2D eigenvalue weighted by molar-refractivity contribution is 5.88. The van der Waals surface area contributed by atoms with Crippen LogP contribution in [-0.2, 0) is 4.79 Å². The number of fused-ring (bicyclic) bond motifs is 1. The number of amides is 1. The zero-order valence-corrected chi connectivity index (χ0v) is 13.6. The number of rotatable bonds is 6. The molecule has 0 unspecified atom stereocenters. The van der Waals surface area contributed by atoms with Gasteiger partial charge in [0.05, 0.1) is 19.7 Å². The molecule has 0 atom stereocenters. The van der Waals surface area contributed by atoms with Crippen molar-refractivity contribution in [1.29, 1.82) is 0 Å². The molecule has 3 rings (SSSR count). The van der Waals surface area contributed by atoms with Gasteiger partial charge in [0.1, 0.15) is 5.75 Å². The first-order valence-electron chi connectivity index (χ1n) is 7.34. The molecule has 128 valence electrons. The van der Waals surface area contributed by atoms with E-state index in [1.807, 2.05) is 0 Å². The number of halogens is 1. The third-order valence-corrected chi connectivity index (χ3v) is 3.58. The predicted octanol–water partition coefficient (Wildman–Crippen LogP) is 3.75. The van der Waals surface area contributed by atoms with Crippen LogP contribution in [0.25, 0.3) is 10.9 Å². The summed E-state index contributed by atoms with van der Waals surface area (Å²) in [7, 11) is 3.06. The maximum atomic E-state index is 14.2. The SMILES string of the molecule is COc1cc2nccc(Oc3ccc(NC=O)cc3F)c2cc1OC. The van der Waals surface area contributed by atoms with E-state index in [4.69, 9.17) is 14.2 Å². The highest BCUT2D eigenvalue weighted by Gasteiger charge is 2.13. The van der Waals surface area contributed by atoms with Crippen LogP contribution in [-0.4, -0.2) is 25.6 Å². The number of hydrogen-bond acceptors (Lipinski definition) is 5. The first-order chi connectivity index (χ1) is 12.2. The summed E-state index contributed by atoms with van der Waals surface area (Å²) < 4.78 is 30.4. The molecule has 2 aromatic carbocycles. The van der Waals surface area contributed by atoms with Crippen molar-refractivity contribution in [2.24, 2.45) is 0 Å². The van der Waals surface area contributed by atoms with E-state index >= 15 is 0 Å². The van der Waals surface area contributed by atoms with Crippen LogP contribution in [0.1, 0.15) is 0 Å². The molecule has 0 saturated heterocycles. The number of anilines is 1. The van der Waals surface area contributed by atoms with E-state index in [1.54, 1.807) is 30.5 Å². The number of methoxy groups -OCH3 is 2. The molecule has 0 aliphatic heterocycles. The van der Waals surface area contributed by atoms with E-state index in [1.165, 1.54) is 26.4 Å². The molecule has 0 spiro atoms. The molecule has 3 aromatic rings.